The first-order valence-corrected chi connectivity index (χ1v) is 7.92. The Morgan fingerprint density at radius 1 is 1.04 bits per heavy atom. The van der Waals surface area contributed by atoms with Crippen LogP contribution in [0.1, 0.15) is 15.9 Å². The molecule has 0 heterocycles. The Morgan fingerprint density at radius 3 is 2.44 bits per heavy atom. The molecule has 2 aromatic rings. The van der Waals surface area contributed by atoms with Crippen molar-refractivity contribution in [2.45, 2.75) is 0 Å². The van der Waals surface area contributed by atoms with Crippen LogP contribution >= 0.6 is 0 Å². The fraction of sp³-hybridized carbons (Fsp3) is 0.105. The Hall–Kier alpha value is -3.81. The van der Waals surface area contributed by atoms with E-state index in [0.717, 1.165) is 0 Å². The molecule has 0 atom stereocenters. The lowest BCUT2D eigenvalue weighted by molar-refractivity contribution is -0.120. The van der Waals surface area contributed by atoms with Gasteiger partial charge in [0, 0.05) is 11.6 Å². The normalized spacial score (nSPS) is 10.3. The number of methoxy groups -OCH3 is 1. The first-order chi connectivity index (χ1) is 13.0. The van der Waals surface area contributed by atoms with E-state index in [-0.39, 0.29) is 6.61 Å². The second-order valence-corrected chi connectivity index (χ2v) is 5.31. The van der Waals surface area contributed by atoms with E-state index in [0.29, 0.717) is 22.6 Å². The number of hydrogen-bond acceptors (Lipinski definition) is 5. The number of ether oxygens (including phenoxy) is 2. The Balaban J connectivity index is 1.93. The van der Waals surface area contributed by atoms with Crippen molar-refractivity contribution in [3.05, 3.63) is 65.7 Å². The third-order valence-electron chi connectivity index (χ3n) is 3.32. The summed E-state index contributed by atoms with van der Waals surface area (Å²) in [5.41, 5.74) is 10.7. The monoisotopic (exact) mass is 369 g/mol. The molecule has 3 amide bonds. The van der Waals surface area contributed by atoms with E-state index in [4.69, 9.17) is 15.2 Å². The van der Waals surface area contributed by atoms with Crippen LogP contribution in [0.3, 0.4) is 0 Å². The van der Waals surface area contributed by atoms with Crippen molar-refractivity contribution >= 4 is 23.8 Å². The molecule has 0 aliphatic rings. The van der Waals surface area contributed by atoms with Gasteiger partial charge in [0.2, 0.25) is 0 Å². The molecule has 0 unspecified atom stereocenters. The van der Waals surface area contributed by atoms with Crippen molar-refractivity contribution in [3.63, 3.8) is 0 Å². The van der Waals surface area contributed by atoms with Crippen LogP contribution in [0.15, 0.2) is 54.6 Å². The third kappa shape index (κ3) is 6.20. The number of primary amides is 1. The van der Waals surface area contributed by atoms with E-state index in [2.05, 4.69) is 10.9 Å². The smallest absolute Gasteiger partial charge is 0.269 e. The van der Waals surface area contributed by atoms with Gasteiger partial charge in [-0.15, -0.1) is 0 Å². The van der Waals surface area contributed by atoms with E-state index in [1.807, 2.05) is 0 Å². The molecule has 0 fully saturated rings. The maximum Gasteiger partial charge on any atom is 0.269 e. The van der Waals surface area contributed by atoms with Gasteiger partial charge in [0.1, 0.15) is 0 Å². The molecule has 0 aliphatic carbocycles. The number of hydrazine groups is 1. The lowest BCUT2D eigenvalue weighted by Crippen LogP contribution is -2.40. The fourth-order valence-electron chi connectivity index (χ4n) is 2.05. The topological polar surface area (TPSA) is 120 Å². The van der Waals surface area contributed by atoms with Gasteiger partial charge in [-0.2, -0.15) is 0 Å². The van der Waals surface area contributed by atoms with Crippen molar-refractivity contribution in [2.75, 3.05) is 13.7 Å². The predicted octanol–water partition coefficient (Wildman–Crippen LogP) is 1.03. The number of nitrogens with two attached hydrogens (primary N) is 1. The molecule has 2 aromatic carbocycles. The van der Waals surface area contributed by atoms with Gasteiger partial charge < -0.3 is 15.2 Å². The minimum absolute atomic E-state index is 0.269. The molecule has 0 saturated heterocycles. The molecule has 8 heteroatoms. The minimum Gasteiger partial charge on any atom is -0.493 e. The molecule has 0 radical (unpaired) electrons. The summed E-state index contributed by atoms with van der Waals surface area (Å²) in [6, 6.07) is 13.4. The quantitative estimate of drug-likeness (QED) is 0.497. The standard InChI is InChI=1S/C19H19N3O5/c1-26-16-11-13(7-9-15(16)27-12-17(20)23)8-10-18(24)21-22-19(25)14-5-3-2-4-6-14/h2-11H,12H2,1H3,(H2,20,23)(H,21,24)(H,22,25)/b10-8+. The highest BCUT2D eigenvalue weighted by Gasteiger charge is 2.07. The molecule has 4 N–H and O–H groups in total. The van der Waals surface area contributed by atoms with Crippen LogP contribution in [0.2, 0.25) is 0 Å². The molecule has 0 bridgehead atoms. The molecule has 2 rings (SSSR count). The van der Waals surface area contributed by atoms with Crippen LogP contribution in [-0.4, -0.2) is 31.4 Å². The molecule has 0 aliphatic heterocycles. The average molecular weight is 369 g/mol. The van der Waals surface area contributed by atoms with Gasteiger partial charge in [-0.1, -0.05) is 24.3 Å². The Morgan fingerprint density at radius 2 is 1.78 bits per heavy atom. The van der Waals surface area contributed by atoms with Gasteiger partial charge in [0.15, 0.2) is 18.1 Å². The average Bonchev–Trinajstić information content (AvgIpc) is 2.69. The summed E-state index contributed by atoms with van der Waals surface area (Å²) in [7, 11) is 1.45. The van der Waals surface area contributed by atoms with E-state index in [1.165, 1.54) is 19.3 Å². The largest absolute Gasteiger partial charge is 0.493 e. The summed E-state index contributed by atoms with van der Waals surface area (Å²) in [5, 5.41) is 0. The minimum atomic E-state index is -0.602. The molecule has 0 aromatic heterocycles. The van der Waals surface area contributed by atoms with E-state index < -0.39 is 17.7 Å². The summed E-state index contributed by atoms with van der Waals surface area (Å²) in [4.78, 5) is 34.5. The summed E-state index contributed by atoms with van der Waals surface area (Å²) >= 11 is 0. The van der Waals surface area contributed by atoms with Crippen molar-refractivity contribution in [2.24, 2.45) is 5.73 Å². The van der Waals surface area contributed by atoms with Crippen LogP contribution in [0.4, 0.5) is 0 Å². The maximum atomic E-state index is 11.8. The Labute approximate surface area is 155 Å². The molecule has 140 valence electrons. The molecule has 8 nitrogen and oxygen atoms in total. The Bertz CT molecular complexity index is 850. The van der Waals surface area contributed by atoms with Gasteiger partial charge in [0.25, 0.3) is 17.7 Å². The van der Waals surface area contributed by atoms with Crippen LogP contribution in [0, 0.1) is 0 Å². The Kier molecular flexibility index (Phi) is 6.95. The summed E-state index contributed by atoms with van der Waals surface area (Å²) < 4.78 is 10.4. The lowest BCUT2D eigenvalue weighted by Gasteiger charge is -2.10. The molecular weight excluding hydrogens is 350 g/mol. The first-order valence-electron chi connectivity index (χ1n) is 7.92. The number of carbonyl (C=O) groups excluding carboxylic acids is 3. The summed E-state index contributed by atoms with van der Waals surface area (Å²) in [6.07, 6.45) is 2.79. The lowest BCUT2D eigenvalue weighted by atomic mass is 10.2. The number of rotatable bonds is 7. The predicted molar refractivity (Wildman–Crippen MR) is 98.8 cm³/mol. The number of hydrogen-bond donors (Lipinski definition) is 3. The zero-order valence-corrected chi connectivity index (χ0v) is 14.6. The van der Waals surface area contributed by atoms with Gasteiger partial charge in [-0.05, 0) is 35.9 Å². The number of nitrogens with one attached hydrogen (secondary N) is 2. The highest BCUT2D eigenvalue weighted by atomic mass is 16.5. The van der Waals surface area contributed by atoms with Crippen LogP contribution < -0.4 is 26.1 Å². The van der Waals surface area contributed by atoms with Gasteiger partial charge in [-0.3, -0.25) is 25.2 Å². The number of carbonyl (C=O) groups is 3. The zero-order valence-electron chi connectivity index (χ0n) is 14.6. The zero-order chi connectivity index (χ0) is 19.6. The molecular formula is C19H19N3O5. The van der Waals surface area contributed by atoms with Crippen molar-refractivity contribution in [1.82, 2.24) is 10.9 Å². The molecule has 27 heavy (non-hydrogen) atoms. The molecule has 0 spiro atoms. The van der Waals surface area contributed by atoms with E-state index in [1.54, 1.807) is 48.5 Å². The number of amides is 3. The van der Waals surface area contributed by atoms with E-state index >= 15 is 0 Å². The van der Waals surface area contributed by atoms with E-state index in [9.17, 15) is 14.4 Å². The second-order valence-electron chi connectivity index (χ2n) is 5.31. The highest BCUT2D eigenvalue weighted by molar-refractivity contribution is 5.97. The van der Waals surface area contributed by atoms with Crippen molar-refractivity contribution in [1.29, 1.82) is 0 Å². The number of benzene rings is 2. The summed E-state index contributed by atoms with van der Waals surface area (Å²) in [6.45, 7) is -0.269. The third-order valence-corrected chi connectivity index (χ3v) is 3.32. The SMILES string of the molecule is COc1cc(/C=C/C(=O)NNC(=O)c2ccccc2)ccc1OCC(N)=O. The summed E-state index contributed by atoms with van der Waals surface area (Å²) in [5.74, 6) is -0.790. The van der Waals surface area contributed by atoms with Crippen LogP contribution in [0.25, 0.3) is 6.08 Å². The van der Waals surface area contributed by atoms with Gasteiger partial charge in [0.05, 0.1) is 7.11 Å². The van der Waals surface area contributed by atoms with Gasteiger partial charge in [-0.25, -0.2) is 0 Å². The molecule has 0 saturated carbocycles. The van der Waals surface area contributed by atoms with Crippen molar-refractivity contribution < 1.29 is 23.9 Å². The van der Waals surface area contributed by atoms with Crippen molar-refractivity contribution in [3.8, 4) is 11.5 Å². The fourth-order valence-corrected chi connectivity index (χ4v) is 2.05. The van der Waals surface area contributed by atoms with Crippen LogP contribution in [0.5, 0.6) is 11.5 Å². The first kappa shape index (κ1) is 19.5. The second kappa shape index (κ2) is 9.62. The van der Waals surface area contributed by atoms with Gasteiger partial charge >= 0.3 is 0 Å². The maximum absolute atomic E-state index is 11.8. The highest BCUT2D eigenvalue weighted by Crippen LogP contribution is 2.28. The van der Waals surface area contributed by atoms with Crippen LogP contribution in [-0.2, 0) is 9.59 Å².